The molecule has 5 nitrogen and oxygen atoms in total. The van der Waals surface area contributed by atoms with E-state index in [1.165, 1.54) is 30.4 Å². The second kappa shape index (κ2) is 6.19. The van der Waals surface area contributed by atoms with E-state index in [-0.39, 0.29) is 17.2 Å². The van der Waals surface area contributed by atoms with Crippen molar-refractivity contribution < 1.29 is 13.2 Å². The van der Waals surface area contributed by atoms with Crippen LogP contribution in [0, 0.1) is 0 Å². The van der Waals surface area contributed by atoms with Crippen LogP contribution < -0.4 is 4.72 Å². The fourth-order valence-corrected chi connectivity index (χ4v) is 4.15. The molecule has 7 heteroatoms. The fraction of sp³-hybridized carbons (Fsp3) is 0.125. The van der Waals surface area contributed by atoms with Crippen molar-refractivity contribution in [3.05, 3.63) is 59.1 Å². The Balaban J connectivity index is 1.81. The predicted octanol–water partition coefficient (Wildman–Crippen LogP) is 2.98. The number of nitrogens with zero attached hydrogens (tertiary/aromatic N) is 1. The molecule has 0 aliphatic heterocycles. The second-order valence-corrected chi connectivity index (χ2v) is 7.87. The predicted molar refractivity (Wildman–Crippen MR) is 90.1 cm³/mol. The lowest BCUT2D eigenvalue weighted by Gasteiger charge is -2.06. The molecule has 3 aromatic rings. The van der Waals surface area contributed by atoms with Crippen LogP contribution in [0.5, 0.6) is 0 Å². The summed E-state index contributed by atoms with van der Waals surface area (Å²) in [6.07, 6.45) is 0. The van der Waals surface area contributed by atoms with Crippen LogP contribution in [0.15, 0.2) is 53.4 Å². The third kappa shape index (κ3) is 3.47. The van der Waals surface area contributed by atoms with Crippen molar-refractivity contribution in [3.63, 3.8) is 0 Å². The maximum Gasteiger partial charge on any atom is 0.240 e. The highest BCUT2D eigenvalue weighted by Gasteiger charge is 2.16. The third-order valence-electron chi connectivity index (χ3n) is 3.30. The summed E-state index contributed by atoms with van der Waals surface area (Å²) in [6, 6.07) is 13.6. The van der Waals surface area contributed by atoms with Crippen LogP contribution in [0.2, 0.25) is 0 Å². The van der Waals surface area contributed by atoms with Crippen molar-refractivity contribution >= 4 is 37.4 Å². The molecule has 0 unspecified atom stereocenters. The minimum absolute atomic E-state index is 0.0753. The van der Waals surface area contributed by atoms with Gasteiger partial charge in [-0.15, -0.1) is 11.3 Å². The van der Waals surface area contributed by atoms with Gasteiger partial charge in [0.15, 0.2) is 5.78 Å². The number of hydrogen-bond donors (Lipinski definition) is 1. The second-order valence-electron chi connectivity index (χ2n) is 4.98. The number of sulfonamides is 1. The topological polar surface area (TPSA) is 76.1 Å². The van der Waals surface area contributed by atoms with Crippen LogP contribution in [0.1, 0.15) is 22.3 Å². The third-order valence-corrected chi connectivity index (χ3v) is 5.74. The molecule has 3 rings (SSSR count). The van der Waals surface area contributed by atoms with E-state index >= 15 is 0 Å². The maximum atomic E-state index is 12.3. The zero-order valence-corrected chi connectivity index (χ0v) is 13.9. The standard InChI is InChI=1S/C16H14N2O3S2/c1-11(19)12-5-4-6-13(9-12)23(20,21)17-10-16-18-14-7-2-3-8-15(14)22-16/h2-9,17H,10H2,1H3. The van der Waals surface area contributed by atoms with Gasteiger partial charge in [0.25, 0.3) is 0 Å². The lowest BCUT2D eigenvalue weighted by molar-refractivity contribution is 0.101. The average Bonchev–Trinajstić information content (AvgIpc) is 2.96. The molecule has 1 heterocycles. The summed E-state index contributed by atoms with van der Waals surface area (Å²) in [5.41, 5.74) is 1.22. The highest BCUT2D eigenvalue weighted by atomic mass is 32.2. The number of carbonyl (C=O) groups is 1. The van der Waals surface area contributed by atoms with Crippen LogP contribution in [-0.4, -0.2) is 19.2 Å². The Morgan fingerprint density at radius 3 is 2.70 bits per heavy atom. The highest BCUT2D eigenvalue weighted by Crippen LogP contribution is 2.22. The van der Waals surface area contributed by atoms with Crippen molar-refractivity contribution in [1.29, 1.82) is 0 Å². The Kier molecular flexibility index (Phi) is 4.25. The van der Waals surface area contributed by atoms with E-state index in [9.17, 15) is 13.2 Å². The molecule has 1 aromatic heterocycles. The summed E-state index contributed by atoms with van der Waals surface area (Å²) < 4.78 is 28.2. The molecule has 1 N–H and O–H groups in total. The molecule has 0 fully saturated rings. The zero-order chi connectivity index (χ0) is 16.4. The number of carbonyl (C=O) groups excluding carboxylic acids is 1. The fourth-order valence-electron chi connectivity index (χ4n) is 2.12. The molecule has 2 aromatic carbocycles. The molecule has 0 saturated carbocycles. The quantitative estimate of drug-likeness (QED) is 0.721. The van der Waals surface area contributed by atoms with Gasteiger partial charge in [-0.3, -0.25) is 4.79 Å². The summed E-state index contributed by atoms with van der Waals surface area (Å²) >= 11 is 1.45. The van der Waals surface area contributed by atoms with Gasteiger partial charge in [0, 0.05) is 5.56 Å². The number of ketones is 1. The SMILES string of the molecule is CC(=O)c1cccc(S(=O)(=O)NCc2nc3ccccc3s2)c1. The van der Waals surface area contributed by atoms with Crippen LogP contribution in [-0.2, 0) is 16.6 Å². The summed E-state index contributed by atoms with van der Waals surface area (Å²) in [4.78, 5) is 15.8. The first-order valence-corrected chi connectivity index (χ1v) is 9.21. The molecule has 0 aliphatic carbocycles. The van der Waals surface area contributed by atoms with E-state index in [2.05, 4.69) is 9.71 Å². The Morgan fingerprint density at radius 1 is 1.17 bits per heavy atom. The smallest absolute Gasteiger partial charge is 0.240 e. The van der Waals surface area contributed by atoms with Gasteiger partial charge in [-0.05, 0) is 31.2 Å². The molecule has 0 amide bonds. The number of fused-ring (bicyclic) bond motifs is 1. The summed E-state index contributed by atoms with van der Waals surface area (Å²) in [6.45, 7) is 1.52. The van der Waals surface area contributed by atoms with Gasteiger partial charge in [-0.25, -0.2) is 18.1 Å². The summed E-state index contributed by atoms with van der Waals surface area (Å²) in [7, 11) is -3.69. The van der Waals surface area contributed by atoms with Gasteiger partial charge in [0.1, 0.15) is 5.01 Å². The number of hydrogen-bond acceptors (Lipinski definition) is 5. The molecular formula is C16H14N2O3S2. The Bertz CT molecular complexity index is 945. The largest absolute Gasteiger partial charge is 0.295 e. The monoisotopic (exact) mass is 346 g/mol. The Labute approximate surface area is 138 Å². The number of aromatic nitrogens is 1. The molecule has 0 saturated heterocycles. The van der Waals surface area contributed by atoms with E-state index in [1.54, 1.807) is 12.1 Å². The molecule has 118 valence electrons. The zero-order valence-electron chi connectivity index (χ0n) is 12.3. The van der Waals surface area contributed by atoms with Crippen LogP contribution in [0.4, 0.5) is 0 Å². The van der Waals surface area contributed by atoms with Crippen LogP contribution in [0.25, 0.3) is 10.2 Å². The normalized spacial score (nSPS) is 11.7. The van der Waals surface area contributed by atoms with E-state index in [0.29, 0.717) is 10.6 Å². The number of nitrogens with one attached hydrogen (secondary N) is 1. The molecule has 0 aliphatic rings. The first-order valence-electron chi connectivity index (χ1n) is 6.91. The maximum absolute atomic E-state index is 12.3. The Hall–Kier alpha value is -2.09. The van der Waals surface area contributed by atoms with Crippen molar-refractivity contribution in [2.24, 2.45) is 0 Å². The lowest BCUT2D eigenvalue weighted by Crippen LogP contribution is -2.23. The number of benzene rings is 2. The van der Waals surface area contributed by atoms with Gasteiger partial charge >= 0.3 is 0 Å². The average molecular weight is 346 g/mol. The van der Waals surface area contributed by atoms with Gasteiger partial charge in [0.2, 0.25) is 10.0 Å². The van der Waals surface area contributed by atoms with E-state index in [4.69, 9.17) is 0 Å². The molecule has 0 spiro atoms. The van der Waals surface area contributed by atoms with Gasteiger partial charge < -0.3 is 0 Å². The minimum atomic E-state index is -3.69. The van der Waals surface area contributed by atoms with Crippen LogP contribution in [0.3, 0.4) is 0 Å². The van der Waals surface area contributed by atoms with Gasteiger partial charge in [0.05, 0.1) is 21.7 Å². The van der Waals surface area contributed by atoms with Crippen LogP contribution >= 0.6 is 11.3 Å². The number of para-hydroxylation sites is 1. The first-order chi connectivity index (χ1) is 11.0. The van der Waals surface area contributed by atoms with E-state index < -0.39 is 10.0 Å². The van der Waals surface area contributed by atoms with Crippen molar-refractivity contribution in [3.8, 4) is 0 Å². The lowest BCUT2D eigenvalue weighted by atomic mass is 10.2. The summed E-state index contributed by atoms with van der Waals surface area (Å²) in [5, 5.41) is 0.692. The van der Waals surface area contributed by atoms with Gasteiger partial charge in [-0.2, -0.15) is 0 Å². The Morgan fingerprint density at radius 2 is 1.96 bits per heavy atom. The van der Waals surface area contributed by atoms with Crippen molar-refractivity contribution in [2.75, 3.05) is 0 Å². The number of Topliss-reactive ketones (excluding diaryl/α,β-unsaturated/α-hetero) is 1. The first kappa shape index (κ1) is 15.8. The molecule has 0 atom stereocenters. The minimum Gasteiger partial charge on any atom is -0.295 e. The number of rotatable bonds is 5. The van der Waals surface area contributed by atoms with Gasteiger partial charge in [-0.1, -0.05) is 24.3 Å². The summed E-state index contributed by atoms with van der Waals surface area (Å²) in [5.74, 6) is -0.173. The molecular weight excluding hydrogens is 332 g/mol. The van der Waals surface area contributed by atoms with Crippen molar-refractivity contribution in [1.82, 2.24) is 9.71 Å². The van der Waals surface area contributed by atoms with E-state index in [1.807, 2.05) is 24.3 Å². The molecule has 0 radical (unpaired) electrons. The number of thiazole rings is 1. The molecule has 23 heavy (non-hydrogen) atoms. The van der Waals surface area contributed by atoms with E-state index in [0.717, 1.165) is 10.2 Å². The highest BCUT2D eigenvalue weighted by molar-refractivity contribution is 7.89. The molecule has 0 bridgehead atoms. The van der Waals surface area contributed by atoms with Crippen molar-refractivity contribution in [2.45, 2.75) is 18.4 Å².